The van der Waals surface area contributed by atoms with Gasteiger partial charge in [0, 0.05) is 24.8 Å². The highest BCUT2D eigenvalue weighted by Gasteiger charge is 2.15. The normalized spacial score (nSPS) is 10.5. The molecule has 0 atom stereocenters. The molecule has 0 aliphatic carbocycles. The Morgan fingerprint density at radius 2 is 1.70 bits per heavy atom. The number of para-hydroxylation sites is 1. The lowest BCUT2D eigenvalue weighted by Gasteiger charge is -2.22. The molecule has 0 saturated carbocycles. The SMILES string of the molecule is CCN(c1ccccc1)c1cc(C(=O)NCc2ccccc2C)nc(C)n1. The third-order valence-electron chi connectivity index (χ3n) is 4.42. The molecule has 5 nitrogen and oxygen atoms in total. The van der Waals surface area contributed by atoms with E-state index in [1.165, 1.54) is 0 Å². The fourth-order valence-corrected chi connectivity index (χ4v) is 2.97. The first kappa shape index (κ1) is 18.6. The molecule has 0 aliphatic heterocycles. The molecule has 27 heavy (non-hydrogen) atoms. The molecule has 1 aromatic heterocycles. The van der Waals surface area contributed by atoms with Crippen LogP contribution in [0.15, 0.2) is 60.7 Å². The molecule has 138 valence electrons. The van der Waals surface area contributed by atoms with Gasteiger partial charge in [-0.25, -0.2) is 9.97 Å². The molecule has 3 rings (SSSR count). The molecule has 1 N–H and O–H groups in total. The molecule has 0 unspecified atom stereocenters. The number of anilines is 2. The van der Waals surface area contributed by atoms with Crippen LogP contribution in [0.4, 0.5) is 11.5 Å². The number of rotatable bonds is 6. The summed E-state index contributed by atoms with van der Waals surface area (Å²) in [5.74, 6) is 1.09. The van der Waals surface area contributed by atoms with Gasteiger partial charge in [0.25, 0.3) is 5.91 Å². The van der Waals surface area contributed by atoms with Gasteiger partial charge in [-0.2, -0.15) is 0 Å². The van der Waals surface area contributed by atoms with E-state index in [9.17, 15) is 4.79 Å². The predicted molar refractivity (Wildman–Crippen MR) is 108 cm³/mol. The lowest BCUT2D eigenvalue weighted by atomic mass is 10.1. The van der Waals surface area contributed by atoms with Crippen LogP contribution >= 0.6 is 0 Å². The first-order valence-electron chi connectivity index (χ1n) is 9.09. The average molecular weight is 360 g/mol. The van der Waals surface area contributed by atoms with Crippen LogP contribution in [0, 0.1) is 13.8 Å². The number of hydrogen-bond donors (Lipinski definition) is 1. The molecule has 5 heteroatoms. The van der Waals surface area contributed by atoms with Crippen molar-refractivity contribution in [3.8, 4) is 0 Å². The molecule has 1 amide bonds. The van der Waals surface area contributed by atoms with Crippen molar-refractivity contribution < 1.29 is 4.79 Å². The van der Waals surface area contributed by atoms with Crippen molar-refractivity contribution in [3.63, 3.8) is 0 Å². The number of aryl methyl sites for hydroxylation is 2. The topological polar surface area (TPSA) is 58.1 Å². The summed E-state index contributed by atoms with van der Waals surface area (Å²) in [4.78, 5) is 23.6. The van der Waals surface area contributed by atoms with Gasteiger partial charge in [0.15, 0.2) is 0 Å². The maximum atomic E-state index is 12.7. The first-order chi connectivity index (χ1) is 13.1. The summed E-state index contributed by atoms with van der Waals surface area (Å²) in [5.41, 5.74) is 3.65. The Kier molecular flexibility index (Phi) is 5.81. The number of nitrogens with one attached hydrogen (secondary N) is 1. The van der Waals surface area contributed by atoms with E-state index < -0.39 is 0 Å². The zero-order valence-electron chi connectivity index (χ0n) is 15.9. The third kappa shape index (κ3) is 4.50. The Hall–Kier alpha value is -3.21. The molecule has 2 aromatic carbocycles. The van der Waals surface area contributed by atoms with E-state index in [0.717, 1.165) is 29.2 Å². The Bertz CT molecular complexity index is 925. The molecule has 3 aromatic rings. The summed E-state index contributed by atoms with van der Waals surface area (Å²) < 4.78 is 0. The van der Waals surface area contributed by atoms with E-state index in [1.807, 2.05) is 61.5 Å². The quantitative estimate of drug-likeness (QED) is 0.716. The molecular formula is C22H24N4O. The second-order valence-electron chi connectivity index (χ2n) is 6.35. The lowest BCUT2D eigenvalue weighted by Crippen LogP contribution is -2.26. The van der Waals surface area contributed by atoms with Crippen LogP contribution in [0.2, 0.25) is 0 Å². The van der Waals surface area contributed by atoms with Gasteiger partial charge in [-0.15, -0.1) is 0 Å². The lowest BCUT2D eigenvalue weighted by molar-refractivity contribution is 0.0945. The van der Waals surface area contributed by atoms with Crippen LogP contribution in [-0.2, 0) is 6.54 Å². The number of hydrogen-bond acceptors (Lipinski definition) is 4. The van der Waals surface area contributed by atoms with Gasteiger partial charge < -0.3 is 10.2 Å². The standard InChI is InChI=1S/C22H24N4O/c1-4-26(19-12-6-5-7-13-19)21-14-20(24-17(3)25-21)22(27)23-15-18-11-9-8-10-16(18)2/h5-14H,4,15H2,1-3H3,(H,23,27). The van der Waals surface area contributed by atoms with Gasteiger partial charge in [-0.1, -0.05) is 42.5 Å². The van der Waals surface area contributed by atoms with Crippen molar-refractivity contribution in [2.75, 3.05) is 11.4 Å². The number of amides is 1. The van der Waals surface area contributed by atoms with Gasteiger partial charge in [-0.05, 0) is 44.0 Å². The van der Waals surface area contributed by atoms with E-state index in [-0.39, 0.29) is 5.91 Å². The minimum absolute atomic E-state index is 0.200. The minimum Gasteiger partial charge on any atom is -0.347 e. The minimum atomic E-state index is -0.200. The summed E-state index contributed by atoms with van der Waals surface area (Å²) in [6.45, 7) is 7.11. The van der Waals surface area contributed by atoms with Crippen LogP contribution < -0.4 is 10.2 Å². The van der Waals surface area contributed by atoms with Crippen LogP contribution in [0.3, 0.4) is 0 Å². The van der Waals surface area contributed by atoms with Crippen molar-refractivity contribution in [1.82, 2.24) is 15.3 Å². The maximum Gasteiger partial charge on any atom is 0.270 e. The van der Waals surface area contributed by atoms with Gasteiger partial charge >= 0.3 is 0 Å². The second kappa shape index (κ2) is 8.45. The molecule has 0 radical (unpaired) electrons. The van der Waals surface area contributed by atoms with Gasteiger partial charge in [-0.3, -0.25) is 4.79 Å². The van der Waals surface area contributed by atoms with Crippen LogP contribution in [0.1, 0.15) is 34.4 Å². The Balaban J connectivity index is 1.82. The Morgan fingerprint density at radius 1 is 1.00 bits per heavy atom. The molecule has 1 heterocycles. The summed E-state index contributed by atoms with van der Waals surface area (Å²) in [6, 6.07) is 19.8. The summed E-state index contributed by atoms with van der Waals surface area (Å²) in [7, 11) is 0. The van der Waals surface area contributed by atoms with E-state index in [2.05, 4.69) is 27.1 Å². The third-order valence-corrected chi connectivity index (χ3v) is 4.42. The van der Waals surface area contributed by atoms with Crippen molar-refractivity contribution in [1.29, 1.82) is 0 Å². The van der Waals surface area contributed by atoms with Crippen molar-refractivity contribution in [3.05, 3.63) is 83.3 Å². The fourth-order valence-electron chi connectivity index (χ4n) is 2.97. The monoisotopic (exact) mass is 360 g/mol. The molecule has 0 aliphatic rings. The van der Waals surface area contributed by atoms with Crippen LogP contribution in [0.5, 0.6) is 0 Å². The van der Waals surface area contributed by atoms with Crippen molar-refractivity contribution >= 4 is 17.4 Å². The largest absolute Gasteiger partial charge is 0.347 e. The first-order valence-corrected chi connectivity index (χ1v) is 9.09. The Morgan fingerprint density at radius 3 is 2.41 bits per heavy atom. The highest BCUT2D eigenvalue weighted by atomic mass is 16.1. The number of carbonyl (C=O) groups is 1. The van der Waals surface area contributed by atoms with E-state index >= 15 is 0 Å². The molecule has 0 saturated heterocycles. The average Bonchev–Trinajstić information content (AvgIpc) is 2.68. The van der Waals surface area contributed by atoms with Crippen molar-refractivity contribution in [2.45, 2.75) is 27.3 Å². The zero-order chi connectivity index (χ0) is 19.2. The number of benzene rings is 2. The highest BCUT2D eigenvalue weighted by Crippen LogP contribution is 2.23. The maximum absolute atomic E-state index is 12.7. The van der Waals surface area contributed by atoms with Gasteiger partial charge in [0.2, 0.25) is 0 Å². The number of carbonyl (C=O) groups excluding carboxylic acids is 1. The van der Waals surface area contributed by atoms with E-state index in [1.54, 1.807) is 13.0 Å². The van der Waals surface area contributed by atoms with Crippen LogP contribution in [0.25, 0.3) is 0 Å². The van der Waals surface area contributed by atoms with Crippen molar-refractivity contribution in [2.24, 2.45) is 0 Å². The smallest absolute Gasteiger partial charge is 0.270 e. The Labute approximate surface area is 160 Å². The summed E-state index contributed by atoms with van der Waals surface area (Å²) >= 11 is 0. The zero-order valence-corrected chi connectivity index (χ0v) is 15.9. The predicted octanol–water partition coefficient (Wildman–Crippen LogP) is 4.18. The second-order valence-corrected chi connectivity index (χ2v) is 6.35. The summed E-state index contributed by atoms with van der Waals surface area (Å²) in [5, 5.41) is 2.96. The highest BCUT2D eigenvalue weighted by molar-refractivity contribution is 5.93. The molecular weight excluding hydrogens is 336 g/mol. The molecule has 0 fully saturated rings. The fraction of sp³-hybridized carbons (Fsp3) is 0.227. The number of nitrogens with zero attached hydrogens (tertiary/aromatic N) is 3. The summed E-state index contributed by atoms with van der Waals surface area (Å²) in [6.07, 6.45) is 0. The van der Waals surface area contributed by atoms with Gasteiger partial charge in [0.05, 0.1) is 0 Å². The van der Waals surface area contributed by atoms with Gasteiger partial charge in [0.1, 0.15) is 17.3 Å². The molecule has 0 bridgehead atoms. The van der Waals surface area contributed by atoms with E-state index in [0.29, 0.717) is 18.1 Å². The van der Waals surface area contributed by atoms with E-state index in [4.69, 9.17) is 0 Å². The number of aromatic nitrogens is 2. The molecule has 0 spiro atoms. The van der Waals surface area contributed by atoms with Crippen LogP contribution in [-0.4, -0.2) is 22.4 Å².